The zero-order valence-corrected chi connectivity index (χ0v) is 10.3. The number of fused-ring (bicyclic) bond motifs is 1. The Hall–Kier alpha value is -2.70. The fraction of sp³-hybridized carbons (Fsp3) is 0.167. The van der Waals surface area contributed by atoms with Crippen molar-refractivity contribution in [2.24, 2.45) is 0 Å². The van der Waals surface area contributed by atoms with Gasteiger partial charge in [0, 0.05) is 13.1 Å². The van der Waals surface area contributed by atoms with Crippen LogP contribution in [-0.2, 0) is 0 Å². The van der Waals surface area contributed by atoms with E-state index in [0.29, 0.717) is 22.8 Å². The van der Waals surface area contributed by atoms with E-state index in [9.17, 15) is 4.79 Å². The van der Waals surface area contributed by atoms with Crippen molar-refractivity contribution >= 4 is 23.2 Å². The number of amides is 1. The van der Waals surface area contributed by atoms with Crippen LogP contribution in [0.5, 0.6) is 0 Å². The van der Waals surface area contributed by atoms with Gasteiger partial charge < -0.3 is 8.83 Å². The quantitative estimate of drug-likeness (QED) is 0.756. The summed E-state index contributed by atoms with van der Waals surface area (Å²) in [6, 6.07) is 3.52. The normalized spacial score (nSPS) is 10.8. The molecule has 7 heteroatoms. The van der Waals surface area contributed by atoms with Crippen molar-refractivity contribution in [2.75, 3.05) is 5.32 Å². The van der Waals surface area contributed by atoms with E-state index in [1.807, 2.05) is 0 Å². The highest BCUT2D eigenvalue weighted by Gasteiger charge is 2.18. The standard InChI is InChI=1S/C12H10N4O3/c1-6-9(18-7(2)14-6)11(17)16-12-15-10-8(19-12)4-3-5-13-10/h3-5H,1-2H3,(H,13,15,16,17). The first-order valence-corrected chi connectivity index (χ1v) is 5.60. The van der Waals surface area contributed by atoms with Crippen molar-refractivity contribution in [3.05, 3.63) is 35.7 Å². The first-order chi connectivity index (χ1) is 9.13. The molecule has 0 aromatic carbocycles. The summed E-state index contributed by atoms with van der Waals surface area (Å²) in [6.07, 6.45) is 1.60. The van der Waals surface area contributed by atoms with Crippen LogP contribution in [0.15, 0.2) is 27.2 Å². The molecule has 3 aromatic rings. The molecule has 1 N–H and O–H groups in total. The van der Waals surface area contributed by atoms with Gasteiger partial charge in [-0.3, -0.25) is 10.1 Å². The van der Waals surface area contributed by atoms with Crippen LogP contribution in [0.1, 0.15) is 22.1 Å². The molecule has 96 valence electrons. The molecule has 7 nitrogen and oxygen atoms in total. The first-order valence-electron chi connectivity index (χ1n) is 5.60. The molecule has 0 bridgehead atoms. The van der Waals surface area contributed by atoms with Crippen molar-refractivity contribution in [1.29, 1.82) is 0 Å². The van der Waals surface area contributed by atoms with Gasteiger partial charge in [-0.25, -0.2) is 9.97 Å². The van der Waals surface area contributed by atoms with E-state index in [1.54, 1.807) is 32.2 Å². The maximum absolute atomic E-state index is 12.0. The van der Waals surface area contributed by atoms with Crippen molar-refractivity contribution in [2.45, 2.75) is 13.8 Å². The highest BCUT2D eigenvalue weighted by molar-refractivity contribution is 6.02. The number of carbonyl (C=O) groups is 1. The van der Waals surface area contributed by atoms with E-state index in [2.05, 4.69) is 20.3 Å². The van der Waals surface area contributed by atoms with Crippen LogP contribution < -0.4 is 5.32 Å². The number of rotatable bonds is 2. The molecule has 0 aliphatic carbocycles. The fourth-order valence-electron chi connectivity index (χ4n) is 1.72. The van der Waals surface area contributed by atoms with Gasteiger partial charge >= 0.3 is 6.01 Å². The zero-order chi connectivity index (χ0) is 13.4. The molecule has 0 fully saturated rings. The van der Waals surface area contributed by atoms with Gasteiger partial charge in [0.15, 0.2) is 11.5 Å². The largest absolute Gasteiger partial charge is 0.436 e. The minimum absolute atomic E-state index is 0.0761. The molecule has 0 unspecified atom stereocenters. The molecule has 3 rings (SSSR count). The maximum atomic E-state index is 12.0. The first kappa shape index (κ1) is 11.4. The molecular formula is C12H10N4O3. The molecule has 0 atom stereocenters. The predicted molar refractivity (Wildman–Crippen MR) is 65.7 cm³/mol. The summed E-state index contributed by atoms with van der Waals surface area (Å²) in [5, 5.41) is 2.51. The SMILES string of the molecule is Cc1nc(C)c(C(=O)Nc2nc3ncccc3o2)o1. The lowest BCUT2D eigenvalue weighted by atomic mass is 10.3. The second kappa shape index (κ2) is 4.20. The molecule has 3 heterocycles. The van der Waals surface area contributed by atoms with Crippen LogP contribution in [0.2, 0.25) is 0 Å². The predicted octanol–water partition coefficient (Wildman–Crippen LogP) is 2.08. The maximum Gasteiger partial charge on any atom is 0.304 e. The number of aryl methyl sites for hydroxylation is 2. The van der Waals surface area contributed by atoms with Gasteiger partial charge in [0.2, 0.25) is 11.4 Å². The minimum atomic E-state index is -0.454. The Kier molecular flexibility index (Phi) is 2.52. The summed E-state index contributed by atoms with van der Waals surface area (Å²) >= 11 is 0. The Labute approximate surface area is 107 Å². The van der Waals surface area contributed by atoms with E-state index in [0.717, 1.165) is 0 Å². The number of hydrogen-bond acceptors (Lipinski definition) is 6. The number of nitrogens with one attached hydrogen (secondary N) is 1. The van der Waals surface area contributed by atoms with Crippen LogP contribution in [0.4, 0.5) is 6.01 Å². The Balaban J connectivity index is 1.88. The molecule has 19 heavy (non-hydrogen) atoms. The molecule has 0 saturated carbocycles. The summed E-state index contributed by atoms with van der Waals surface area (Å²) in [5.41, 5.74) is 1.45. The summed E-state index contributed by atoms with van der Waals surface area (Å²) in [6.45, 7) is 3.37. The molecular weight excluding hydrogens is 248 g/mol. The lowest BCUT2D eigenvalue weighted by Gasteiger charge is -1.96. The van der Waals surface area contributed by atoms with E-state index in [-0.39, 0.29) is 11.8 Å². The van der Waals surface area contributed by atoms with Crippen LogP contribution >= 0.6 is 0 Å². The van der Waals surface area contributed by atoms with E-state index in [1.165, 1.54) is 0 Å². The Bertz CT molecular complexity index is 726. The smallest absolute Gasteiger partial charge is 0.304 e. The summed E-state index contributed by atoms with van der Waals surface area (Å²) < 4.78 is 10.6. The van der Waals surface area contributed by atoms with E-state index in [4.69, 9.17) is 8.83 Å². The van der Waals surface area contributed by atoms with Gasteiger partial charge in [-0.1, -0.05) is 0 Å². The van der Waals surface area contributed by atoms with Gasteiger partial charge in [0.05, 0.1) is 5.69 Å². The third kappa shape index (κ3) is 2.05. The van der Waals surface area contributed by atoms with Crippen molar-refractivity contribution in [3.8, 4) is 0 Å². The number of hydrogen-bond donors (Lipinski definition) is 1. The van der Waals surface area contributed by atoms with Crippen molar-refractivity contribution in [3.63, 3.8) is 0 Å². The average Bonchev–Trinajstić information content (AvgIpc) is 2.91. The lowest BCUT2D eigenvalue weighted by Crippen LogP contribution is -2.12. The number of pyridine rings is 1. The Morgan fingerprint density at radius 3 is 2.79 bits per heavy atom. The third-order valence-electron chi connectivity index (χ3n) is 2.50. The minimum Gasteiger partial charge on any atom is -0.436 e. The zero-order valence-electron chi connectivity index (χ0n) is 10.3. The van der Waals surface area contributed by atoms with Crippen molar-refractivity contribution < 1.29 is 13.6 Å². The van der Waals surface area contributed by atoms with Crippen LogP contribution in [-0.4, -0.2) is 20.9 Å². The summed E-state index contributed by atoms with van der Waals surface area (Å²) in [4.78, 5) is 24.0. The summed E-state index contributed by atoms with van der Waals surface area (Å²) in [7, 11) is 0. The lowest BCUT2D eigenvalue weighted by molar-refractivity contribution is 0.0992. The highest BCUT2D eigenvalue weighted by atomic mass is 16.4. The van der Waals surface area contributed by atoms with Gasteiger partial charge in [0.1, 0.15) is 0 Å². The monoisotopic (exact) mass is 258 g/mol. The van der Waals surface area contributed by atoms with E-state index >= 15 is 0 Å². The van der Waals surface area contributed by atoms with Crippen LogP contribution in [0, 0.1) is 13.8 Å². The van der Waals surface area contributed by atoms with Gasteiger partial charge in [-0.2, -0.15) is 4.98 Å². The number of anilines is 1. The second-order valence-electron chi connectivity index (χ2n) is 3.95. The number of carbonyl (C=O) groups excluding carboxylic acids is 1. The molecule has 0 saturated heterocycles. The van der Waals surface area contributed by atoms with Gasteiger partial charge in [-0.05, 0) is 19.1 Å². The topological polar surface area (TPSA) is 94.1 Å². The van der Waals surface area contributed by atoms with E-state index < -0.39 is 5.91 Å². The molecule has 0 aliphatic heterocycles. The summed E-state index contributed by atoms with van der Waals surface area (Å²) in [5.74, 6) is 0.124. The molecule has 0 spiro atoms. The number of oxazole rings is 2. The molecule has 3 aromatic heterocycles. The Morgan fingerprint density at radius 1 is 1.26 bits per heavy atom. The van der Waals surface area contributed by atoms with Gasteiger partial charge in [0.25, 0.3) is 5.91 Å². The Morgan fingerprint density at radius 2 is 2.11 bits per heavy atom. The number of nitrogens with zero attached hydrogens (tertiary/aromatic N) is 3. The third-order valence-corrected chi connectivity index (χ3v) is 2.50. The van der Waals surface area contributed by atoms with Crippen LogP contribution in [0.3, 0.4) is 0 Å². The van der Waals surface area contributed by atoms with Crippen LogP contribution in [0.25, 0.3) is 11.2 Å². The van der Waals surface area contributed by atoms with Gasteiger partial charge in [-0.15, -0.1) is 0 Å². The average molecular weight is 258 g/mol. The molecule has 0 aliphatic rings. The second-order valence-corrected chi connectivity index (χ2v) is 3.95. The molecule has 0 radical (unpaired) electrons. The highest BCUT2D eigenvalue weighted by Crippen LogP contribution is 2.17. The molecule has 1 amide bonds. The number of aromatic nitrogens is 3. The van der Waals surface area contributed by atoms with Crippen molar-refractivity contribution in [1.82, 2.24) is 15.0 Å². The fourth-order valence-corrected chi connectivity index (χ4v) is 1.72.